The number of rotatable bonds is 3. The number of carboxylic acid groups (broad SMARTS) is 1. The van der Waals surface area contributed by atoms with E-state index >= 15 is 0 Å². The average molecular weight is 425 g/mol. The number of carboxylic acids is 1. The number of fused-ring (bicyclic) bond motifs is 2. The first kappa shape index (κ1) is 19.7. The molecule has 0 radical (unpaired) electrons. The van der Waals surface area contributed by atoms with Gasteiger partial charge in [0.05, 0.1) is 4.91 Å². The number of benzene rings is 2. The molecule has 1 saturated heterocycles. The maximum atomic E-state index is 12.6. The number of para-hydroxylation sites is 1. The van der Waals surface area contributed by atoms with Gasteiger partial charge in [-0.1, -0.05) is 62.1 Å². The molecule has 0 unspecified atom stereocenters. The molecule has 1 amide bonds. The van der Waals surface area contributed by atoms with Crippen LogP contribution in [0.3, 0.4) is 0 Å². The summed E-state index contributed by atoms with van der Waals surface area (Å²) in [6.07, 6.45) is 1.79. The Morgan fingerprint density at radius 1 is 1.17 bits per heavy atom. The van der Waals surface area contributed by atoms with Crippen LogP contribution in [0.2, 0.25) is 0 Å². The van der Waals surface area contributed by atoms with E-state index in [0.717, 1.165) is 27.9 Å². The monoisotopic (exact) mass is 424 g/mol. The standard InChI is InChI=1S/C22H20N2O3S2/c1-22(2)14-6-4-5-7-16(14)23(3)17-9-8-13(10-15(17)22)11-18-20(27)24(12-19(25)26)21(28)29-18/h4-11H,12H2,1-3H3,(H,25,26)/b18-11-. The number of thioether (sulfide) groups is 1. The Bertz CT molecular complexity index is 1090. The van der Waals surface area contributed by atoms with E-state index in [0.29, 0.717) is 4.91 Å². The minimum Gasteiger partial charge on any atom is -0.480 e. The van der Waals surface area contributed by atoms with Crippen LogP contribution in [0, 0.1) is 0 Å². The summed E-state index contributed by atoms with van der Waals surface area (Å²) in [5.41, 5.74) is 5.44. The summed E-state index contributed by atoms with van der Waals surface area (Å²) in [4.78, 5) is 27.3. The van der Waals surface area contributed by atoms with Crippen LogP contribution in [0.4, 0.5) is 11.4 Å². The number of nitrogens with zero attached hydrogens (tertiary/aromatic N) is 2. The third-order valence-corrected chi connectivity index (χ3v) is 6.84. The van der Waals surface area contributed by atoms with E-state index in [1.165, 1.54) is 16.8 Å². The second-order valence-corrected chi connectivity index (χ2v) is 9.32. The van der Waals surface area contributed by atoms with Gasteiger partial charge in [0.2, 0.25) is 0 Å². The van der Waals surface area contributed by atoms with Crippen LogP contribution >= 0.6 is 24.0 Å². The van der Waals surface area contributed by atoms with Gasteiger partial charge in [0.1, 0.15) is 10.9 Å². The second-order valence-electron chi connectivity index (χ2n) is 7.64. The van der Waals surface area contributed by atoms with Crippen molar-refractivity contribution >= 4 is 57.6 Å². The molecule has 0 aliphatic carbocycles. The lowest BCUT2D eigenvalue weighted by atomic mass is 9.73. The van der Waals surface area contributed by atoms with Crippen LogP contribution in [0.5, 0.6) is 0 Å². The highest BCUT2D eigenvalue weighted by Crippen LogP contribution is 2.48. The molecule has 0 atom stereocenters. The van der Waals surface area contributed by atoms with Gasteiger partial charge in [-0.3, -0.25) is 14.5 Å². The number of thiocarbonyl (C=S) groups is 1. The van der Waals surface area contributed by atoms with Crippen LogP contribution in [-0.4, -0.2) is 39.8 Å². The fourth-order valence-electron chi connectivity index (χ4n) is 3.93. The Balaban J connectivity index is 1.74. The molecular formula is C22H20N2O3S2. The average Bonchev–Trinajstić information content (AvgIpc) is 2.93. The molecular weight excluding hydrogens is 404 g/mol. The van der Waals surface area contributed by atoms with Crippen LogP contribution < -0.4 is 4.90 Å². The van der Waals surface area contributed by atoms with Gasteiger partial charge in [0.25, 0.3) is 5.91 Å². The van der Waals surface area contributed by atoms with E-state index in [1.54, 1.807) is 6.08 Å². The second kappa shape index (κ2) is 7.00. The minimum atomic E-state index is -1.08. The van der Waals surface area contributed by atoms with Crippen molar-refractivity contribution in [2.24, 2.45) is 0 Å². The lowest BCUT2D eigenvalue weighted by Crippen LogP contribution is -2.33. The SMILES string of the molecule is CN1c2ccccc2C(C)(C)c2cc(/C=C3\SC(=S)N(CC(=O)O)C3=O)ccc21. The molecule has 0 bridgehead atoms. The first-order valence-corrected chi connectivity index (χ1v) is 10.4. The van der Waals surface area contributed by atoms with Crippen LogP contribution in [0.1, 0.15) is 30.5 Å². The largest absolute Gasteiger partial charge is 0.480 e. The lowest BCUT2D eigenvalue weighted by molar-refractivity contribution is -0.140. The summed E-state index contributed by atoms with van der Waals surface area (Å²) in [5.74, 6) is -1.44. The van der Waals surface area contributed by atoms with Gasteiger partial charge in [0, 0.05) is 23.8 Å². The summed E-state index contributed by atoms with van der Waals surface area (Å²) < 4.78 is 0.274. The molecule has 7 heteroatoms. The van der Waals surface area contributed by atoms with E-state index < -0.39 is 12.5 Å². The van der Waals surface area contributed by atoms with Crippen LogP contribution in [-0.2, 0) is 15.0 Å². The van der Waals surface area contributed by atoms with E-state index in [9.17, 15) is 9.59 Å². The maximum absolute atomic E-state index is 12.6. The molecule has 2 aliphatic rings. The molecule has 2 heterocycles. The number of hydrogen-bond acceptors (Lipinski definition) is 5. The molecule has 0 aromatic heterocycles. The zero-order chi connectivity index (χ0) is 20.9. The first-order valence-electron chi connectivity index (χ1n) is 9.15. The molecule has 2 aliphatic heterocycles. The highest BCUT2D eigenvalue weighted by atomic mass is 32.2. The zero-order valence-electron chi connectivity index (χ0n) is 16.3. The van der Waals surface area contributed by atoms with Crippen molar-refractivity contribution in [1.29, 1.82) is 0 Å². The molecule has 2 aromatic rings. The number of hydrogen-bond donors (Lipinski definition) is 1. The molecule has 4 rings (SSSR count). The van der Waals surface area contributed by atoms with E-state index in [1.807, 2.05) is 12.1 Å². The number of amides is 1. The molecule has 5 nitrogen and oxygen atoms in total. The Labute approximate surface area is 179 Å². The smallest absolute Gasteiger partial charge is 0.323 e. The molecule has 148 valence electrons. The molecule has 29 heavy (non-hydrogen) atoms. The number of anilines is 2. The summed E-state index contributed by atoms with van der Waals surface area (Å²) >= 11 is 6.32. The molecule has 0 spiro atoms. The third-order valence-electron chi connectivity index (χ3n) is 5.46. The van der Waals surface area contributed by atoms with Crippen LogP contribution in [0.15, 0.2) is 47.4 Å². The van der Waals surface area contributed by atoms with E-state index in [4.69, 9.17) is 17.3 Å². The minimum absolute atomic E-state index is 0.190. The molecule has 2 aromatic carbocycles. The van der Waals surface area contributed by atoms with Crippen molar-refractivity contribution in [3.05, 3.63) is 64.1 Å². The van der Waals surface area contributed by atoms with Gasteiger partial charge in [-0.2, -0.15) is 0 Å². The predicted molar refractivity (Wildman–Crippen MR) is 121 cm³/mol. The van der Waals surface area contributed by atoms with Gasteiger partial charge in [-0.15, -0.1) is 0 Å². The Kier molecular flexibility index (Phi) is 4.75. The lowest BCUT2D eigenvalue weighted by Gasteiger charge is -2.40. The van der Waals surface area contributed by atoms with Gasteiger partial charge in [0.15, 0.2) is 0 Å². The molecule has 0 saturated carbocycles. The van der Waals surface area contributed by atoms with Crippen molar-refractivity contribution in [1.82, 2.24) is 4.90 Å². The maximum Gasteiger partial charge on any atom is 0.323 e. The summed E-state index contributed by atoms with van der Waals surface area (Å²) in [5, 5.41) is 8.99. The van der Waals surface area contributed by atoms with Crippen LogP contribution in [0.25, 0.3) is 6.08 Å². The number of carbonyl (C=O) groups is 2. The Morgan fingerprint density at radius 3 is 2.59 bits per heavy atom. The summed E-state index contributed by atoms with van der Waals surface area (Å²) in [7, 11) is 2.06. The molecule has 1 N–H and O–H groups in total. The van der Waals surface area contributed by atoms with Gasteiger partial charge < -0.3 is 10.0 Å². The number of aliphatic carboxylic acids is 1. The van der Waals surface area contributed by atoms with Crippen molar-refractivity contribution < 1.29 is 14.7 Å². The Hall–Kier alpha value is -2.64. The predicted octanol–water partition coefficient (Wildman–Crippen LogP) is 4.38. The van der Waals surface area contributed by atoms with Gasteiger partial charge in [-0.05, 0) is 41.0 Å². The van der Waals surface area contributed by atoms with Crippen molar-refractivity contribution in [2.45, 2.75) is 19.3 Å². The number of carbonyl (C=O) groups excluding carboxylic acids is 1. The van der Waals surface area contributed by atoms with E-state index in [2.05, 4.69) is 56.1 Å². The zero-order valence-corrected chi connectivity index (χ0v) is 17.9. The van der Waals surface area contributed by atoms with Crippen molar-refractivity contribution in [3.8, 4) is 0 Å². The fourth-order valence-corrected chi connectivity index (χ4v) is 5.18. The van der Waals surface area contributed by atoms with E-state index in [-0.39, 0.29) is 15.6 Å². The first-order chi connectivity index (χ1) is 13.7. The van der Waals surface area contributed by atoms with Gasteiger partial charge in [-0.25, -0.2) is 0 Å². The normalized spacial score (nSPS) is 18.8. The highest BCUT2D eigenvalue weighted by molar-refractivity contribution is 8.26. The summed E-state index contributed by atoms with van der Waals surface area (Å²) in [6, 6.07) is 14.5. The third kappa shape index (κ3) is 3.24. The fraction of sp³-hybridized carbons (Fsp3) is 0.227. The Morgan fingerprint density at radius 2 is 1.86 bits per heavy atom. The summed E-state index contributed by atoms with van der Waals surface area (Å²) in [6.45, 7) is 3.99. The van der Waals surface area contributed by atoms with Gasteiger partial charge >= 0.3 is 5.97 Å². The van der Waals surface area contributed by atoms with Crippen molar-refractivity contribution in [3.63, 3.8) is 0 Å². The van der Waals surface area contributed by atoms with Crippen molar-refractivity contribution in [2.75, 3.05) is 18.5 Å². The quantitative estimate of drug-likeness (QED) is 0.583. The highest BCUT2D eigenvalue weighted by Gasteiger charge is 2.36. The molecule has 1 fully saturated rings. The topological polar surface area (TPSA) is 60.9 Å².